The van der Waals surface area contributed by atoms with Gasteiger partial charge in [-0.1, -0.05) is 25.4 Å². The van der Waals surface area contributed by atoms with Gasteiger partial charge in [0.25, 0.3) is 0 Å². The van der Waals surface area contributed by atoms with Crippen molar-refractivity contribution in [2.75, 3.05) is 5.32 Å². The Morgan fingerprint density at radius 1 is 1.43 bits per heavy atom. The van der Waals surface area contributed by atoms with Gasteiger partial charge in [0.15, 0.2) is 5.82 Å². The van der Waals surface area contributed by atoms with E-state index in [0.717, 1.165) is 12.3 Å². The summed E-state index contributed by atoms with van der Waals surface area (Å²) in [7, 11) is 0. The molecule has 0 bridgehead atoms. The molecule has 0 saturated carbocycles. The molecular weight excluding hydrogens is 178 g/mol. The van der Waals surface area contributed by atoms with Gasteiger partial charge in [-0.2, -0.15) is 4.98 Å². The number of anilines is 1. The molecule has 1 rings (SSSR count). The van der Waals surface area contributed by atoms with Crippen LogP contribution < -0.4 is 5.32 Å². The minimum Gasteiger partial charge on any atom is -0.335 e. The third kappa shape index (κ3) is 3.36. The van der Waals surface area contributed by atoms with Crippen LogP contribution in [0.5, 0.6) is 0 Å². The average Bonchev–Trinajstić information content (AvgIpc) is 2.50. The highest BCUT2D eigenvalue weighted by Crippen LogP contribution is 2.13. The number of hydrogen-bond acceptors (Lipinski definition) is 4. The molecule has 4 nitrogen and oxygen atoms in total. The van der Waals surface area contributed by atoms with Gasteiger partial charge in [-0.05, 0) is 26.2 Å². The molecule has 1 N–H and O–H groups in total. The Bertz CT molecular complexity index is 272. The van der Waals surface area contributed by atoms with Crippen LogP contribution in [0.15, 0.2) is 4.52 Å². The van der Waals surface area contributed by atoms with Crippen LogP contribution in [0.2, 0.25) is 0 Å². The first kappa shape index (κ1) is 11.0. The van der Waals surface area contributed by atoms with Crippen LogP contribution in [-0.2, 0) is 0 Å². The second-order valence-corrected chi connectivity index (χ2v) is 3.94. The summed E-state index contributed by atoms with van der Waals surface area (Å²) in [5.74, 6) is 1.39. The lowest BCUT2D eigenvalue weighted by Crippen LogP contribution is -2.18. The van der Waals surface area contributed by atoms with Crippen LogP contribution in [0.3, 0.4) is 0 Å². The highest BCUT2D eigenvalue weighted by molar-refractivity contribution is 5.19. The Morgan fingerprint density at radius 2 is 2.14 bits per heavy atom. The Morgan fingerprint density at radius 3 is 2.64 bits per heavy atom. The summed E-state index contributed by atoms with van der Waals surface area (Å²) in [5.41, 5.74) is 0. The quantitative estimate of drug-likeness (QED) is 0.788. The van der Waals surface area contributed by atoms with Gasteiger partial charge in [0, 0.05) is 6.04 Å². The fourth-order valence-corrected chi connectivity index (χ4v) is 1.40. The van der Waals surface area contributed by atoms with Crippen molar-refractivity contribution in [1.82, 2.24) is 10.1 Å². The van der Waals surface area contributed by atoms with Gasteiger partial charge in [0.05, 0.1) is 0 Å². The molecule has 1 aromatic rings. The molecule has 0 aliphatic rings. The van der Waals surface area contributed by atoms with E-state index in [2.05, 4.69) is 36.2 Å². The second-order valence-electron chi connectivity index (χ2n) is 3.94. The Kier molecular flexibility index (Phi) is 3.92. The van der Waals surface area contributed by atoms with Crippen molar-refractivity contribution >= 4 is 6.01 Å². The number of nitrogens with one attached hydrogen (secondary N) is 1. The van der Waals surface area contributed by atoms with Gasteiger partial charge in [0.2, 0.25) is 0 Å². The maximum atomic E-state index is 4.98. The zero-order valence-corrected chi connectivity index (χ0v) is 9.37. The van der Waals surface area contributed by atoms with E-state index in [9.17, 15) is 0 Å². The summed E-state index contributed by atoms with van der Waals surface area (Å²) in [6, 6.07) is 0.906. The predicted octanol–water partition coefficient (Wildman–Crippen LogP) is 2.61. The van der Waals surface area contributed by atoms with Crippen molar-refractivity contribution < 1.29 is 4.52 Å². The van der Waals surface area contributed by atoms with E-state index >= 15 is 0 Å². The third-order valence-corrected chi connectivity index (χ3v) is 2.35. The van der Waals surface area contributed by atoms with Gasteiger partial charge in [-0.3, -0.25) is 0 Å². The molecule has 1 aromatic heterocycles. The van der Waals surface area contributed by atoms with E-state index in [1.165, 1.54) is 6.42 Å². The maximum absolute atomic E-state index is 4.98. The van der Waals surface area contributed by atoms with E-state index in [1.54, 1.807) is 0 Å². The summed E-state index contributed by atoms with van der Waals surface area (Å²) < 4.78 is 4.98. The van der Waals surface area contributed by atoms with E-state index < -0.39 is 0 Å². The smallest absolute Gasteiger partial charge is 0.321 e. The van der Waals surface area contributed by atoms with Crippen molar-refractivity contribution in [2.45, 2.75) is 46.6 Å². The molecule has 1 heterocycles. The molecule has 80 valence electrons. The van der Waals surface area contributed by atoms with Crippen molar-refractivity contribution in [3.05, 3.63) is 5.82 Å². The fourth-order valence-electron chi connectivity index (χ4n) is 1.40. The molecule has 0 aliphatic carbocycles. The van der Waals surface area contributed by atoms with E-state index in [0.29, 0.717) is 17.9 Å². The lowest BCUT2D eigenvalue weighted by atomic mass is 10.0. The highest BCUT2D eigenvalue weighted by Gasteiger charge is 2.09. The van der Waals surface area contributed by atoms with Gasteiger partial charge in [-0.15, -0.1) is 0 Å². The Hall–Kier alpha value is -1.06. The van der Waals surface area contributed by atoms with Crippen molar-refractivity contribution in [2.24, 2.45) is 5.92 Å². The monoisotopic (exact) mass is 197 g/mol. The molecule has 0 aliphatic heterocycles. The Labute approximate surface area is 85.1 Å². The molecular formula is C10H19N3O. The average molecular weight is 197 g/mol. The highest BCUT2D eigenvalue weighted by atomic mass is 16.5. The molecule has 2 atom stereocenters. The third-order valence-electron chi connectivity index (χ3n) is 2.35. The molecule has 0 radical (unpaired) electrons. The molecule has 0 amide bonds. The normalized spacial score (nSPS) is 15.1. The molecule has 14 heavy (non-hydrogen) atoms. The minimum absolute atomic E-state index is 0.379. The van der Waals surface area contributed by atoms with Crippen LogP contribution in [-0.4, -0.2) is 16.2 Å². The largest absolute Gasteiger partial charge is 0.335 e. The molecule has 4 heteroatoms. The van der Waals surface area contributed by atoms with Crippen LogP contribution in [0.25, 0.3) is 0 Å². The first-order valence-corrected chi connectivity index (χ1v) is 5.18. The zero-order valence-electron chi connectivity index (χ0n) is 9.37. The van der Waals surface area contributed by atoms with Crippen LogP contribution in [0, 0.1) is 12.8 Å². The van der Waals surface area contributed by atoms with E-state index in [1.807, 2.05) is 6.92 Å². The van der Waals surface area contributed by atoms with Gasteiger partial charge in [-0.25, -0.2) is 0 Å². The molecule has 0 spiro atoms. The lowest BCUT2D eigenvalue weighted by molar-refractivity contribution is 0.413. The van der Waals surface area contributed by atoms with Gasteiger partial charge >= 0.3 is 6.01 Å². The molecule has 0 saturated heterocycles. The predicted molar refractivity (Wildman–Crippen MR) is 56.2 cm³/mol. The van der Waals surface area contributed by atoms with Crippen LogP contribution in [0.4, 0.5) is 6.01 Å². The van der Waals surface area contributed by atoms with Crippen LogP contribution >= 0.6 is 0 Å². The molecule has 2 unspecified atom stereocenters. The zero-order chi connectivity index (χ0) is 10.6. The summed E-state index contributed by atoms with van der Waals surface area (Å²) in [5, 5.41) is 6.91. The number of aromatic nitrogens is 2. The number of nitrogens with zero attached hydrogens (tertiary/aromatic N) is 2. The maximum Gasteiger partial charge on any atom is 0.321 e. The standard InChI is InChI=1S/C10H19N3O/c1-5-7(2)6-8(3)11-10-12-9(4)13-14-10/h7-8H,5-6H2,1-4H3,(H,11,12,13). The lowest BCUT2D eigenvalue weighted by Gasteiger charge is -2.15. The number of rotatable bonds is 5. The Balaban J connectivity index is 2.37. The minimum atomic E-state index is 0.379. The fraction of sp³-hybridized carbons (Fsp3) is 0.800. The van der Waals surface area contributed by atoms with Gasteiger partial charge < -0.3 is 9.84 Å². The van der Waals surface area contributed by atoms with Crippen LogP contribution in [0.1, 0.15) is 39.4 Å². The number of aryl methyl sites for hydroxylation is 1. The summed E-state index contributed by atoms with van der Waals surface area (Å²) in [4.78, 5) is 4.09. The first-order chi connectivity index (χ1) is 6.61. The summed E-state index contributed by atoms with van der Waals surface area (Å²) in [6.07, 6.45) is 2.33. The first-order valence-electron chi connectivity index (χ1n) is 5.18. The molecule has 0 fully saturated rings. The van der Waals surface area contributed by atoms with E-state index in [4.69, 9.17) is 4.52 Å². The molecule has 0 aromatic carbocycles. The summed E-state index contributed by atoms with van der Waals surface area (Å²) >= 11 is 0. The number of hydrogen-bond donors (Lipinski definition) is 1. The summed E-state index contributed by atoms with van der Waals surface area (Å²) in [6.45, 7) is 8.39. The van der Waals surface area contributed by atoms with Crippen molar-refractivity contribution in [3.63, 3.8) is 0 Å². The van der Waals surface area contributed by atoms with Gasteiger partial charge in [0.1, 0.15) is 0 Å². The van der Waals surface area contributed by atoms with Crippen molar-refractivity contribution in [1.29, 1.82) is 0 Å². The van der Waals surface area contributed by atoms with E-state index in [-0.39, 0.29) is 0 Å². The second kappa shape index (κ2) is 4.98. The van der Waals surface area contributed by atoms with Crippen molar-refractivity contribution in [3.8, 4) is 0 Å². The SMILES string of the molecule is CCC(C)CC(C)Nc1nc(C)no1. The topological polar surface area (TPSA) is 51.0 Å².